The molecular weight excluding hydrogens is 332 g/mol. The zero-order chi connectivity index (χ0) is 18.8. The van der Waals surface area contributed by atoms with E-state index in [-0.39, 0.29) is 24.3 Å². The highest BCUT2D eigenvalue weighted by atomic mass is 16.5. The van der Waals surface area contributed by atoms with Crippen molar-refractivity contribution in [2.75, 3.05) is 23.9 Å². The van der Waals surface area contributed by atoms with E-state index in [9.17, 15) is 9.59 Å². The third-order valence-electron chi connectivity index (χ3n) is 4.53. The number of methoxy groups -OCH3 is 1. The van der Waals surface area contributed by atoms with Crippen LogP contribution >= 0.6 is 0 Å². The second-order valence-electron chi connectivity index (χ2n) is 6.82. The van der Waals surface area contributed by atoms with E-state index in [1.165, 1.54) is 0 Å². The summed E-state index contributed by atoms with van der Waals surface area (Å²) in [6.45, 7) is 6.28. The molecule has 0 aliphatic carbocycles. The second kappa shape index (κ2) is 7.19. The van der Waals surface area contributed by atoms with Crippen LogP contribution in [0.4, 0.5) is 11.5 Å². The Hall–Kier alpha value is -2.83. The van der Waals surface area contributed by atoms with Crippen LogP contribution in [0.25, 0.3) is 0 Å². The largest absolute Gasteiger partial charge is 0.495 e. The summed E-state index contributed by atoms with van der Waals surface area (Å²) in [5.74, 6) is 0.608. The molecule has 1 atom stereocenters. The van der Waals surface area contributed by atoms with Crippen molar-refractivity contribution in [3.63, 3.8) is 0 Å². The van der Waals surface area contributed by atoms with Gasteiger partial charge in [0.15, 0.2) is 0 Å². The minimum absolute atomic E-state index is 0.0774. The third-order valence-corrected chi connectivity index (χ3v) is 4.53. The molecule has 1 aliphatic heterocycles. The van der Waals surface area contributed by atoms with Gasteiger partial charge in [-0.25, -0.2) is 4.68 Å². The van der Waals surface area contributed by atoms with E-state index >= 15 is 0 Å². The molecule has 1 saturated heterocycles. The van der Waals surface area contributed by atoms with E-state index in [4.69, 9.17) is 4.74 Å². The maximum Gasteiger partial charge on any atom is 0.230 e. The molecule has 2 heterocycles. The van der Waals surface area contributed by atoms with Crippen LogP contribution in [0.15, 0.2) is 30.5 Å². The highest BCUT2D eigenvalue weighted by Crippen LogP contribution is 2.34. The third kappa shape index (κ3) is 3.42. The van der Waals surface area contributed by atoms with Gasteiger partial charge in [-0.2, -0.15) is 5.10 Å². The summed E-state index contributed by atoms with van der Waals surface area (Å²) in [7, 11) is 1.58. The Morgan fingerprint density at radius 3 is 2.81 bits per heavy atom. The van der Waals surface area contributed by atoms with Gasteiger partial charge >= 0.3 is 0 Å². The fraction of sp³-hybridized carbons (Fsp3) is 0.421. The van der Waals surface area contributed by atoms with Crippen molar-refractivity contribution in [1.82, 2.24) is 9.78 Å². The predicted molar refractivity (Wildman–Crippen MR) is 99.4 cm³/mol. The molecule has 2 amide bonds. The maximum atomic E-state index is 12.7. The van der Waals surface area contributed by atoms with E-state index in [0.717, 1.165) is 5.56 Å². The number of ether oxygens (including phenoxy) is 1. The van der Waals surface area contributed by atoms with Crippen LogP contribution in [0, 0.1) is 12.8 Å². The number of hydrogen-bond acceptors (Lipinski definition) is 4. The normalized spacial score (nSPS) is 17.0. The fourth-order valence-corrected chi connectivity index (χ4v) is 3.18. The molecule has 138 valence electrons. The Kier molecular flexibility index (Phi) is 4.97. The molecule has 0 saturated carbocycles. The zero-order valence-electron chi connectivity index (χ0n) is 15.5. The quantitative estimate of drug-likeness (QED) is 0.894. The fourth-order valence-electron chi connectivity index (χ4n) is 3.18. The van der Waals surface area contributed by atoms with Crippen LogP contribution in [-0.4, -0.2) is 35.2 Å². The summed E-state index contributed by atoms with van der Waals surface area (Å²) >= 11 is 0. The zero-order valence-corrected chi connectivity index (χ0v) is 15.5. The summed E-state index contributed by atoms with van der Waals surface area (Å²) in [6, 6.07) is 7.58. The minimum atomic E-state index is -0.414. The number of hydrogen-bond donors (Lipinski definition) is 1. The van der Waals surface area contributed by atoms with Crippen LogP contribution in [0.3, 0.4) is 0 Å². The standard InChI is InChI=1S/C19H24N4O3/c1-12(2)23-17(7-8-20-23)21-19(25)14-10-18(24)22(11-14)15-9-13(3)5-6-16(15)26-4/h5-9,12,14H,10-11H2,1-4H3,(H,21,25)/t14-/m1/s1. The number of carbonyl (C=O) groups excluding carboxylic acids is 2. The molecule has 3 rings (SSSR count). The first-order valence-corrected chi connectivity index (χ1v) is 8.70. The molecule has 0 unspecified atom stereocenters. The summed E-state index contributed by atoms with van der Waals surface area (Å²) in [5, 5.41) is 7.11. The number of amides is 2. The van der Waals surface area contributed by atoms with Gasteiger partial charge in [0.2, 0.25) is 11.8 Å². The van der Waals surface area contributed by atoms with Gasteiger partial charge < -0.3 is 15.0 Å². The number of nitrogens with one attached hydrogen (secondary N) is 1. The Morgan fingerprint density at radius 1 is 1.35 bits per heavy atom. The van der Waals surface area contributed by atoms with Crippen molar-refractivity contribution in [3.8, 4) is 5.75 Å². The average Bonchev–Trinajstić information content (AvgIpc) is 3.21. The molecule has 1 aliphatic rings. The van der Waals surface area contributed by atoms with E-state index in [1.807, 2.05) is 39.0 Å². The first kappa shape index (κ1) is 18.0. The van der Waals surface area contributed by atoms with Crippen molar-refractivity contribution in [1.29, 1.82) is 0 Å². The molecule has 7 nitrogen and oxygen atoms in total. The smallest absolute Gasteiger partial charge is 0.230 e. The van der Waals surface area contributed by atoms with E-state index < -0.39 is 5.92 Å². The number of carbonyl (C=O) groups is 2. The van der Waals surface area contributed by atoms with Crippen molar-refractivity contribution < 1.29 is 14.3 Å². The van der Waals surface area contributed by atoms with Crippen molar-refractivity contribution in [2.45, 2.75) is 33.2 Å². The Balaban J connectivity index is 1.76. The summed E-state index contributed by atoms with van der Waals surface area (Å²) in [4.78, 5) is 26.8. The molecular formula is C19H24N4O3. The number of rotatable bonds is 5. The lowest BCUT2D eigenvalue weighted by atomic mass is 10.1. The van der Waals surface area contributed by atoms with Gasteiger partial charge in [0, 0.05) is 25.1 Å². The van der Waals surface area contributed by atoms with Gasteiger partial charge in [0.1, 0.15) is 11.6 Å². The van der Waals surface area contributed by atoms with Crippen molar-refractivity contribution in [2.24, 2.45) is 5.92 Å². The lowest BCUT2D eigenvalue weighted by Crippen LogP contribution is -2.29. The average molecular weight is 356 g/mol. The van der Waals surface area contributed by atoms with Crippen LogP contribution in [-0.2, 0) is 9.59 Å². The molecule has 7 heteroatoms. The predicted octanol–water partition coefficient (Wildman–Crippen LogP) is 2.77. The van der Waals surface area contributed by atoms with Gasteiger partial charge in [-0.05, 0) is 38.5 Å². The summed E-state index contributed by atoms with van der Waals surface area (Å²) in [6.07, 6.45) is 1.83. The minimum Gasteiger partial charge on any atom is -0.495 e. The lowest BCUT2D eigenvalue weighted by molar-refractivity contribution is -0.122. The van der Waals surface area contributed by atoms with Crippen LogP contribution in [0.1, 0.15) is 31.9 Å². The van der Waals surface area contributed by atoms with Crippen LogP contribution in [0.2, 0.25) is 0 Å². The topological polar surface area (TPSA) is 76.5 Å². The molecule has 2 aromatic rings. The molecule has 26 heavy (non-hydrogen) atoms. The molecule has 1 aromatic carbocycles. The number of aromatic nitrogens is 2. The summed E-state index contributed by atoms with van der Waals surface area (Å²) in [5.41, 5.74) is 1.74. The maximum absolute atomic E-state index is 12.7. The molecule has 1 N–H and O–H groups in total. The Bertz CT molecular complexity index is 828. The van der Waals surface area contributed by atoms with Crippen molar-refractivity contribution in [3.05, 3.63) is 36.0 Å². The number of nitrogens with zero attached hydrogens (tertiary/aromatic N) is 3. The van der Waals surface area contributed by atoms with Crippen molar-refractivity contribution >= 4 is 23.3 Å². The first-order chi connectivity index (χ1) is 12.4. The van der Waals surface area contributed by atoms with E-state index in [2.05, 4.69) is 10.4 Å². The molecule has 0 bridgehead atoms. The molecule has 1 fully saturated rings. The highest BCUT2D eigenvalue weighted by Gasteiger charge is 2.36. The summed E-state index contributed by atoms with van der Waals surface area (Å²) < 4.78 is 7.12. The van der Waals surface area contributed by atoms with E-state index in [0.29, 0.717) is 23.8 Å². The van der Waals surface area contributed by atoms with Crippen LogP contribution in [0.5, 0.6) is 5.75 Å². The van der Waals surface area contributed by atoms with Gasteiger partial charge in [0.25, 0.3) is 0 Å². The highest BCUT2D eigenvalue weighted by molar-refractivity contribution is 6.04. The molecule has 1 aromatic heterocycles. The number of benzene rings is 1. The van der Waals surface area contributed by atoms with Crippen LogP contribution < -0.4 is 15.0 Å². The SMILES string of the molecule is COc1ccc(C)cc1N1C[C@H](C(=O)Nc2ccnn2C(C)C)CC1=O. The lowest BCUT2D eigenvalue weighted by Gasteiger charge is -2.20. The van der Waals surface area contributed by atoms with Gasteiger partial charge in [-0.1, -0.05) is 6.07 Å². The van der Waals surface area contributed by atoms with Gasteiger partial charge in [-0.15, -0.1) is 0 Å². The Labute approximate surface area is 152 Å². The van der Waals surface area contributed by atoms with Gasteiger partial charge in [0.05, 0.1) is 24.9 Å². The second-order valence-corrected chi connectivity index (χ2v) is 6.82. The van der Waals surface area contributed by atoms with Gasteiger partial charge in [-0.3, -0.25) is 9.59 Å². The first-order valence-electron chi connectivity index (χ1n) is 8.70. The monoisotopic (exact) mass is 356 g/mol. The molecule has 0 radical (unpaired) electrons. The number of anilines is 2. The Morgan fingerprint density at radius 2 is 2.12 bits per heavy atom. The number of aryl methyl sites for hydroxylation is 1. The van der Waals surface area contributed by atoms with E-state index in [1.54, 1.807) is 29.0 Å². The molecule has 0 spiro atoms.